The number of anilines is 1. The van der Waals surface area contributed by atoms with Crippen molar-refractivity contribution >= 4 is 11.8 Å². The summed E-state index contributed by atoms with van der Waals surface area (Å²) < 4.78 is 0. The molecule has 0 atom stereocenters. The van der Waals surface area contributed by atoms with Crippen LogP contribution in [-0.4, -0.2) is 17.6 Å². The number of hydrogen-bond donors (Lipinski definition) is 2. The second kappa shape index (κ2) is 5.34. The van der Waals surface area contributed by atoms with Crippen LogP contribution in [0.1, 0.15) is 24.6 Å². The van der Waals surface area contributed by atoms with E-state index in [0.29, 0.717) is 12.4 Å². The third-order valence-corrected chi connectivity index (χ3v) is 1.87. The molecule has 0 fully saturated rings. The minimum Gasteiger partial charge on any atom is -0.338 e. The summed E-state index contributed by atoms with van der Waals surface area (Å²) in [6.45, 7) is 6.57. The molecule has 0 spiro atoms. The highest BCUT2D eigenvalue weighted by molar-refractivity contribution is 5.88. The summed E-state index contributed by atoms with van der Waals surface area (Å²) >= 11 is 0. The first kappa shape index (κ1) is 11.5. The lowest BCUT2D eigenvalue weighted by Crippen LogP contribution is -2.29. The summed E-state index contributed by atoms with van der Waals surface area (Å²) in [5, 5.41) is 5.43. The first-order valence-corrected chi connectivity index (χ1v) is 5.12. The molecule has 0 unspecified atom stereocenters. The van der Waals surface area contributed by atoms with Gasteiger partial charge in [0.15, 0.2) is 0 Å². The highest BCUT2D eigenvalue weighted by Gasteiger charge is 2.02. The molecule has 0 radical (unpaired) electrons. The summed E-state index contributed by atoms with van der Waals surface area (Å²) in [4.78, 5) is 15.5. The molecule has 0 saturated carbocycles. The maximum atomic E-state index is 11.3. The molecule has 0 aliphatic carbocycles. The molecule has 82 valence electrons. The molecule has 0 aliphatic heterocycles. The molecule has 15 heavy (non-hydrogen) atoms. The molecule has 4 heteroatoms. The number of pyridine rings is 1. The van der Waals surface area contributed by atoms with Crippen LogP contribution in [0, 0.1) is 13.8 Å². The highest BCUT2D eigenvalue weighted by atomic mass is 16.2. The van der Waals surface area contributed by atoms with E-state index in [4.69, 9.17) is 0 Å². The van der Waals surface area contributed by atoms with Crippen molar-refractivity contribution in [1.29, 1.82) is 0 Å². The smallest absolute Gasteiger partial charge is 0.320 e. The van der Waals surface area contributed by atoms with Crippen LogP contribution < -0.4 is 10.6 Å². The number of carbonyl (C=O) groups excluding carboxylic acids is 1. The van der Waals surface area contributed by atoms with Gasteiger partial charge in [-0.2, -0.15) is 0 Å². The first-order valence-electron chi connectivity index (χ1n) is 5.12. The van der Waals surface area contributed by atoms with Crippen molar-refractivity contribution < 1.29 is 4.79 Å². The summed E-state index contributed by atoms with van der Waals surface area (Å²) in [6.07, 6.45) is 0.924. The zero-order valence-electron chi connectivity index (χ0n) is 9.42. The SMILES string of the molecule is CCCNC(=O)Nc1cc(C)cc(C)n1. The van der Waals surface area contributed by atoms with Gasteiger partial charge in [0, 0.05) is 12.2 Å². The first-order chi connectivity index (χ1) is 7.11. The fourth-order valence-corrected chi connectivity index (χ4v) is 1.30. The van der Waals surface area contributed by atoms with E-state index in [1.165, 1.54) is 0 Å². The maximum absolute atomic E-state index is 11.3. The van der Waals surface area contributed by atoms with Gasteiger partial charge in [-0.1, -0.05) is 6.92 Å². The van der Waals surface area contributed by atoms with Crippen molar-refractivity contribution in [2.75, 3.05) is 11.9 Å². The quantitative estimate of drug-likeness (QED) is 0.798. The Morgan fingerprint density at radius 2 is 2.13 bits per heavy atom. The van der Waals surface area contributed by atoms with E-state index >= 15 is 0 Å². The Kier molecular flexibility index (Phi) is 4.09. The lowest BCUT2D eigenvalue weighted by atomic mass is 10.2. The van der Waals surface area contributed by atoms with E-state index in [1.54, 1.807) is 0 Å². The highest BCUT2D eigenvalue weighted by Crippen LogP contribution is 2.08. The van der Waals surface area contributed by atoms with Crippen molar-refractivity contribution in [1.82, 2.24) is 10.3 Å². The van der Waals surface area contributed by atoms with Gasteiger partial charge in [-0.05, 0) is 38.0 Å². The summed E-state index contributed by atoms with van der Waals surface area (Å²) in [5.41, 5.74) is 1.99. The van der Waals surface area contributed by atoms with Crippen LogP contribution in [0.15, 0.2) is 12.1 Å². The van der Waals surface area contributed by atoms with Gasteiger partial charge >= 0.3 is 6.03 Å². The molecule has 2 N–H and O–H groups in total. The van der Waals surface area contributed by atoms with Crippen LogP contribution >= 0.6 is 0 Å². The maximum Gasteiger partial charge on any atom is 0.320 e. The van der Waals surface area contributed by atoms with Gasteiger partial charge in [-0.3, -0.25) is 5.32 Å². The van der Waals surface area contributed by atoms with Gasteiger partial charge in [0.1, 0.15) is 5.82 Å². The zero-order chi connectivity index (χ0) is 11.3. The Balaban J connectivity index is 2.60. The van der Waals surface area contributed by atoms with Crippen molar-refractivity contribution in [2.45, 2.75) is 27.2 Å². The number of rotatable bonds is 3. The Morgan fingerprint density at radius 3 is 2.73 bits per heavy atom. The second-order valence-electron chi connectivity index (χ2n) is 3.55. The van der Waals surface area contributed by atoms with Gasteiger partial charge in [0.2, 0.25) is 0 Å². The number of urea groups is 1. The van der Waals surface area contributed by atoms with Crippen molar-refractivity contribution in [3.63, 3.8) is 0 Å². The summed E-state index contributed by atoms with van der Waals surface area (Å²) in [6, 6.07) is 3.61. The predicted molar refractivity (Wildman–Crippen MR) is 61.0 cm³/mol. The predicted octanol–water partition coefficient (Wildman–Crippen LogP) is 2.23. The van der Waals surface area contributed by atoms with Crippen molar-refractivity contribution in [2.24, 2.45) is 0 Å². The molecule has 2 amide bonds. The number of nitrogens with one attached hydrogen (secondary N) is 2. The van der Waals surface area contributed by atoms with Gasteiger partial charge in [0.05, 0.1) is 0 Å². The van der Waals surface area contributed by atoms with Crippen LogP contribution in [0.2, 0.25) is 0 Å². The van der Waals surface area contributed by atoms with Crippen molar-refractivity contribution in [3.8, 4) is 0 Å². The molecule has 0 bridgehead atoms. The number of nitrogens with zero attached hydrogens (tertiary/aromatic N) is 1. The molecule has 1 aromatic rings. The number of aryl methyl sites for hydroxylation is 2. The van der Waals surface area contributed by atoms with Gasteiger partial charge in [-0.15, -0.1) is 0 Å². The molecule has 0 saturated heterocycles. The summed E-state index contributed by atoms with van der Waals surface area (Å²) in [5.74, 6) is 0.598. The standard InChI is InChI=1S/C11H17N3O/c1-4-5-12-11(15)14-10-7-8(2)6-9(3)13-10/h6-7H,4-5H2,1-3H3,(H2,12,13,14,15). The van der Waals surface area contributed by atoms with E-state index in [-0.39, 0.29) is 6.03 Å². The van der Waals surface area contributed by atoms with Crippen LogP contribution in [-0.2, 0) is 0 Å². The van der Waals surface area contributed by atoms with Gasteiger partial charge in [-0.25, -0.2) is 9.78 Å². The Bertz CT molecular complexity index is 329. The Hall–Kier alpha value is -1.58. The second-order valence-corrected chi connectivity index (χ2v) is 3.55. The zero-order valence-corrected chi connectivity index (χ0v) is 9.42. The van der Waals surface area contributed by atoms with E-state index < -0.39 is 0 Å². The molecule has 1 rings (SSSR count). The number of hydrogen-bond acceptors (Lipinski definition) is 2. The van der Waals surface area contributed by atoms with Crippen LogP contribution in [0.4, 0.5) is 10.6 Å². The van der Waals surface area contributed by atoms with Gasteiger partial charge in [0.25, 0.3) is 0 Å². The average Bonchev–Trinajstić information content (AvgIpc) is 2.13. The van der Waals surface area contributed by atoms with Crippen LogP contribution in [0.3, 0.4) is 0 Å². The third-order valence-electron chi connectivity index (χ3n) is 1.87. The lowest BCUT2D eigenvalue weighted by molar-refractivity contribution is 0.252. The van der Waals surface area contributed by atoms with Gasteiger partial charge < -0.3 is 5.32 Å². The fourth-order valence-electron chi connectivity index (χ4n) is 1.30. The minimum absolute atomic E-state index is 0.200. The normalized spacial score (nSPS) is 9.80. The molecule has 1 heterocycles. The topological polar surface area (TPSA) is 54.0 Å². The molecule has 1 aromatic heterocycles. The van der Waals surface area contributed by atoms with E-state index in [0.717, 1.165) is 17.7 Å². The van der Waals surface area contributed by atoms with Crippen LogP contribution in [0.25, 0.3) is 0 Å². The Labute approximate surface area is 90.1 Å². The largest absolute Gasteiger partial charge is 0.338 e. The average molecular weight is 207 g/mol. The fraction of sp³-hybridized carbons (Fsp3) is 0.455. The minimum atomic E-state index is -0.200. The van der Waals surface area contributed by atoms with Crippen LogP contribution in [0.5, 0.6) is 0 Å². The third kappa shape index (κ3) is 3.97. The summed E-state index contributed by atoms with van der Waals surface area (Å²) in [7, 11) is 0. The molecular weight excluding hydrogens is 190 g/mol. The molecule has 4 nitrogen and oxygen atoms in total. The Morgan fingerprint density at radius 1 is 1.40 bits per heavy atom. The molecule has 0 aliphatic rings. The molecule has 0 aromatic carbocycles. The molecular formula is C11H17N3O. The number of amides is 2. The van der Waals surface area contributed by atoms with E-state index in [2.05, 4.69) is 15.6 Å². The number of aromatic nitrogens is 1. The monoisotopic (exact) mass is 207 g/mol. The van der Waals surface area contributed by atoms with E-state index in [9.17, 15) is 4.79 Å². The number of carbonyl (C=O) groups is 1. The van der Waals surface area contributed by atoms with E-state index in [1.807, 2.05) is 32.9 Å². The van der Waals surface area contributed by atoms with Crippen molar-refractivity contribution in [3.05, 3.63) is 23.4 Å². The lowest BCUT2D eigenvalue weighted by Gasteiger charge is -2.07.